The van der Waals surface area contributed by atoms with E-state index in [-0.39, 0.29) is 10.6 Å². The average Bonchev–Trinajstić information content (AvgIpc) is 2.63. The first-order valence-corrected chi connectivity index (χ1v) is 6.09. The highest BCUT2D eigenvalue weighted by Gasteiger charge is 2.31. The topological polar surface area (TPSA) is 25.8 Å². The molecule has 2 aromatic rings. The molecular formula is C9H3F4IN2S. The lowest BCUT2D eigenvalue weighted by Crippen LogP contribution is -2.05. The molecule has 2 nitrogen and oxygen atoms in total. The molecule has 0 N–H and O–H groups in total. The standard InChI is InChI=1S/C9H3F4IN2S/c10-6-2-1-4(9(11,12)13)3-5(6)7-15-8(14)16-17-7/h1-3H. The molecule has 0 unspecified atom stereocenters. The first-order valence-electron chi connectivity index (χ1n) is 4.24. The van der Waals surface area contributed by atoms with Crippen molar-refractivity contribution in [2.45, 2.75) is 6.18 Å². The van der Waals surface area contributed by atoms with Gasteiger partial charge in [-0.15, -0.1) is 0 Å². The molecule has 0 aliphatic heterocycles. The van der Waals surface area contributed by atoms with E-state index in [0.717, 1.165) is 23.7 Å². The second kappa shape index (κ2) is 4.48. The van der Waals surface area contributed by atoms with Gasteiger partial charge in [-0.1, -0.05) is 0 Å². The van der Waals surface area contributed by atoms with Crippen molar-refractivity contribution in [3.8, 4) is 10.6 Å². The maximum absolute atomic E-state index is 13.4. The lowest BCUT2D eigenvalue weighted by molar-refractivity contribution is -0.137. The van der Waals surface area contributed by atoms with Gasteiger partial charge in [-0.25, -0.2) is 9.37 Å². The second-order valence-electron chi connectivity index (χ2n) is 3.06. The summed E-state index contributed by atoms with van der Waals surface area (Å²) >= 11 is 2.67. The van der Waals surface area contributed by atoms with Gasteiger partial charge < -0.3 is 0 Å². The quantitative estimate of drug-likeness (QED) is 0.558. The number of rotatable bonds is 1. The van der Waals surface area contributed by atoms with Gasteiger partial charge in [-0.05, 0) is 29.7 Å². The number of aromatic nitrogens is 2. The van der Waals surface area contributed by atoms with Crippen LogP contribution >= 0.6 is 34.1 Å². The lowest BCUT2D eigenvalue weighted by Gasteiger charge is -2.07. The molecule has 0 fully saturated rings. The molecule has 0 aliphatic rings. The molecule has 0 spiro atoms. The molecule has 8 heteroatoms. The van der Waals surface area contributed by atoms with Crippen LogP contribution in [0.3, 0.4) is 0 Å². The van der Waals surface area contributed by atoms with Crippen molar-refractivity contribution >= 4 is 34.1 Å². The minimum Gasteiger partial charge on any atom is -0.209 e. The molecule has 0 bridgehead atoms. The van der Waals surface area contributed by atoms with E-state index < -0.39 is 17.6 Å². The third kappa shape index (κ3) is 2.73. The Morgan fingerprint density at radius 3 is 2.47 bits per heavy atom. The molecule has 0 radical (unpaired) electrons. The summed E-state index contributed by atoms with van der Waals surface area (Å²) in [5.74, 6) is -0.745. The number of hydrogen-bond donors (Lipinski definition) is 0. The molecule has 1 aromatic heterocycles. The number of benzene rings is 1. The average molecular weight is 374 g/mol. The fourth-order valence-electron chi connectivity index (χ4n) is 1.18. The van der Waals surface area contributed by atoms with Crippen LogP contribution in [0, 0.1) is 9.65 Å². The van der Waals surface area contributed by atoms with Gasteiger partial charge in [-0.3, -0.25) is 0 Å². The Morgan fingerprint density at radius 2 is 1.94 bits per heavy atom. The fraction of sp³-hybridized carbons (Fsp3) is 0.111. The van der Waals surface area contributed by atoms with Crippen LogP contribution in [0.25, 0.3) is 10.6 Å². The summed E-state index contributed by atoms with van der Waals surface area (Å²) in [6.45, 7) is 0. The van der Waals surface area contributed by atoms with Crippen LogP contribution < -0.4 is 0 Å². The highest BCUT2D eigenvalue weighted by molar-refractivity contribution is 14.1. The van der Waals surface area contributed by atoms with E-state index in [2.05, 4.69) is 9.36 Å². The van der Waals surface area contributed by atoms with Crippen molar-refractivity contribution in [1.29, 1.82) is 0 Å². The van der Waals surface area contributed by atoms with Gasteiger partial charge >= 0.3 is 6.18 Å². The van der Waals surface area contributed by atoms with Crippen molar-refractivity contribution in [1.82, 2.24) is 9.36 Å². The zero-order chi connectivity index (χ0) is 12.6. The summed E-state index contributed by atoms with van der Waals surface area (Å²) < 4.78 is 55.0. The molecule has 0 saturated carbocycles. The van der Waals surface area contributed by atoms with Gasteiger partial charge in [0, 0.05) is 28.2 Å². The predicted molar refractivity (Wildman–Crippen MR) is 63.0 cm³/mol. The Kier molecular flexibility index (Phi) is 3.34. The van der Waals surface area contributed by atoms with Crippen LogP contribution in [0.5, 0.6) is 0 Å². The van der Waals surface area contributed by atoms with Crippen molar-refractivity contribution in [2.24, 2.45) is 0 Å². The summed E-state index contributed by atoms with van der Waals surface area (Å²) in [6, 6.07) is 2.23. The Morgan fingerprint density at radius 1 is 1.24 bits per heavy atom. The Labute approximate surface area is 111 Å². The van der Waals surface area contributed by atoms with Crippen LogP contribution in [0.4, 0.5) is 17.6 Å². The van der Waals surface area contributed by atoms with E-state index in [1.165, 1.54) is 0 Å². The van der Waals surface area contributed by atoms with Gasteiger partial charge in [0.2, 0.25) is 3.83 Å². The molecule has 0 amide bonds. The van der Waals surface area contributed by atoms with Crippen molar-refractivity contribution in [3.05, 3.63) is 33.4 Å². The van der Waals surface area contributed by atoms with E-state index in [1.807, 2.05) is 22.6 Å². The largest absolute Gasteiger partial charge is 0.416 e. The number of hydrogen-bond acceptors (Lipinski definition) is 3. The maximum Gasteiger partial charge on any atom is 0.416 e. The van der Waals surface area contributed by atoms with Gasteiger partial charge in [0.25, 0.3) is 0 Å². The molecule has 0 aliphatic carbocycles. The summed E-state index contributed by atoms with van der Waals surface area (Å²) in [5.41, 5.74) is -1.08. The van der Waals surface area contributed by atoms with E-state index in [9.17, 15) is 17.6 Å². The second-order valence-corrected chi connectivity index (χ2v) is 4.78. The summed E-state index contributed by atoms with van der Waals surface area (Å²) in [5, 5.41) is 0.137. The molecule has 1 heterocycles. The van der Waals surface area contributed by atoms with Crippen LogP contribution in [0.15, 0.2) is 18.2 Å². The number of halogens is 5. The third-order valence-corrected chi connectivity index (χ3v) is 3.48. The normalized spacial score (nSPS) is 11.8. The van der Waals surface area contributed by atoms with Gasteiger partial charge in [0.1, 0.15) is 10.8 Å². The predicted octanol–water partition coefficient (Wildman–Crippen LogP) is 3.97. The van der Waals surface area contributed by atoms with E-state index in [1.54, 1.807) is 0 Å². The summed E-state index contributed by atoms with van der Waals surface area (Å²) in [4.78, 5) is 3.85. The molecule has 0 saturated heterocycles. The molecule has 0 atom stereocenters. The maximum atomic E-state index is 13.4. The molecular weight excluding hydrogens is 371 g/mol. The fourth-order valence-corrected chi connectivity index (χ4v) is 2.47. The Hall–Kier alpha value is -0.770. The van der Waals surface area contributed by atoms with Crippen molar-refractivity contribution < 1.29 is 17.6 Å². The highest BCUT2D eigenvalue weighted by Crippen LogP contribution is 2.34. The minimum atomic E-state index is -4.50. The van der Waals surface area contributed by atoms with Crippen molar-refractivity contribution in [2.75, 3.05) is 0 Å². The van der Waals surface area contributed by atoms with Gasteiger partial charge in [0.05, 0.1) is 5.56 Å². The van der Waals surface area contributed by atoms with Crippen LogP contribution in [-0.4, -0.2) is 9.36 Å². The van der Waals surface area contributed by atoms with Crippen molar-refractivity contribution in [3.63, 3.8) is 0 Å². The number of nitrogens with zero attached hydrogens (tertiary/aromatic N) is 2. The van der Waals surface area contributed by atoms with Crippen LogP contribution in [0.2, 0.25) is 0 Å². The highest BCUT2D eigenvalue weighted by atomic mass is 127. The number of alkyl halides is 3. The first kappa shape index (κ1) is 12.7. The SMILES string of the molecule is Fc1ccc(C(F)(F)F)cc1-c1nc(I)ns1. The van der Waals surface area contributed by atoms with E-state index in [0.29, 0.717) is 9.90 Å². The monoisotopic (exact) mass is 374 g/mol. The van der Waals surface area contributed by atoms with Gasteiger partial charge in [-0.2, -0.15) is 17.5 Å². The summed E-state index contributed by atoms with van der Waals surface area (Å²) in [6.07, 6.45) is -4.50. The molecule has 17 heavy (non-hydrogen) atoms. The van der Waals surface area contributed by atoms with E-state index >= 15 is 0 Å². The lowest BCUT2D eigenvalue weighted by atomic mass is 10.1. The Bertz CT molecular complexity index is 552. The smallest absolute Gasteiger partial charge is 0.209 e. The summed E-state index contributed by atoms with van der Waals surface area (Å²) in [7, 11) is 0. The Balaban J connectivity index is 2.54. The van der Waals surface area contributed by atoms with Crippen LogP contribution in [-0.2, 0) is 6.18 Å². The zero-order valence-electron chi connectivity index (χ0n) is 7.92. The molecule has 90 valence electrons. The van der Waals surface area contributed by atoms with Gasteiger partial charge in [0.15, 0.2) is 0 Å². The molecule has 1 aromatic carbocycles. The van der Waals surface area contributed by atoms with Crippen LogP contribution in [0.1, 0.15) is 5.56 Å². The molecule has 2 rings (SSSR count). The first-order chi connectivity index (χ1) is 7.88. The zero-order valence-corrected chi connectivity index (χ0v) is 10.9. The third-order valence-electron chi connectivity index (χ3n) is 1.93. The van der Waals surface area contributed by atoms with E-state index in [4.69, 9.17) is 0 Å². The minimum absolute atomic E-state index is 0.137.